The first kappa shape index (κ1) is 9.38. The molecule has 0 aliphatic carbocycles. The molecule has 5 heteroatoms. The zero-order chi connectivity index (χ0) is 8.20. The third-order valence-electron chi connectivity index (χ3n) is 0.766. The quantitative estimate of drug-likeness (QED) is 0.459. The van der Waals surface area contributed by atoms with Gasteiger partial charge in [0.15, 0.2) is 0 Å². The van der Waals surface area contributed by atoms with Gasteiger partial charge in [0, 0.05) is 6.08 Å². The first-order chi connectivity index (χ1) is 4.45. The van der Waals surface area contributed by atoms with E-state index in [-0.39, 0.29) is 6.16 Å². The van der Waals surface area contributed by atoms with Crippen LogP contribution in [0.5, 0.6) is 0 Å². The van der Waals surface area contributed by atoms with Crippen LogP contribution in [0, 0.1) is 11.3 Å². The SMILES string of the molecule is C/C(=C\C#N)CP(=O)(O)O. The number of hydrogen-bond donors (Lipinski definition) is 2. The third kappa shape index (κ3) is 5.52. The van der Waals surface area contributed by atoms with Crippen molar-refractivity contribution >= 4 is 7.60 Å². The van der Waals surface area contributed by atoms with Gasteiger partial charge < -0.3 is 9.79 Å². The summed E-state index contributed by atoms with van der Waals surface area (Å²) in [5.41, 5.74) is 0.399. The van der Waals surface area contributed by atoms with Crippen LogP contribution in [0.4, 0.5) is 0 Å². The Morgan fingerprint density at radius 3 is 2.60 bits per heavy atom. The molecule has 0 heterocycles. The molecule has 0 aliphatic heterocycles. The van der Waals surface area contributed by atoms with E-state index in [0.29, 0.717) is 5.57 Å². The molecule has 0 aromatic carbocycles. The molecule has 0 bridgehead atoms. The van der Waals surface area contributed by atoms with Gasteiger partial charge in [0.25, 0.3) is 0 Å². The predicted octanol–water partition coefficient (Wildman–Crippen LogP) is 0.634. The first-order valence-electron chi connectivity index (χ1n) is 2.55. The molecule has 10 heavy (non-hydrogen) atoms. The summed E-state index contributed by atoms with van der Waals surface area (Å²) < 4.78 is 10.3. The number of nitrogens with zero attached hydrogens (tertiary/aromatic N) is 1. The highest BCUT2D eigenvalue weighted by molar-refractivity contribution is 7.52. The summed E-state index contributed by atoms with van der Waals surface area (Å²) in [6, 6.07) is 1.68. The Balaban J connectivity index is 4.08. The van der Waals surface area contributed by atoms with Crippen LogP contribution in [0.3, 0.4) is 0 Å². The third-order valence-corrected chi connectivity index (χ3v) is 1.68. The van der Waals surface area contributed by atoms with Crippen LogP contribution in [-0.4, -0.2) is 15.9 Å². The molecular weight excluding hydrogens is 153 g/mol. The summed E-state index contributed by atoms with van der Waals surface area (Å²) in [7, 11) is -3.97. The largest absolute Gasteiger partial charge is 0.329 e. The zero-order valence-electron chi connectivity index (χ0n) is 5.48. The summed E-state index contributed by atoms with van der Waals surface area (Å²) in [5.74, 6) is 0. The fourth-order valence-electron chi connectivity index (χ4n) is 0.481. The lowest BCUT2D eigenvalue weighted by Crippen LogP contribution is -1.88. The van der Waals surface area contributed by atoms with Crippen LogP contribution in [0.15, 0.2) is 11.6 Å². The molecule has 0 aromatic rings. The van der Waals surface area contributed by atoms with E-state index in [4.69, 9.17) is 15.0 Å². The number of nitriles is 1. The second kappa shape index (κ2) is 3.52. The van der Waals surface area contributed by atoms with Crippen molar-refractivity contribution in [2.75, 3.05) is 6.16 Å². The van der Waals surface area contributed by atoms with Crippen molar-refractivity contribution in [3.63, 3.8) is 0 Å². The van der Waals surface area contributed by atoms with Crippen LogP contribution in [0.1, 0.15) is 6.92 Å². The molecule has 0 radical (unpaired) electrons. The number of rotatable bonds is 2. The van der Waals surface area contributed by atoms with E-state index in [2.05, 4.69) is 0 Å². The van der Waals surface area contributed by atoms with Gasteiger partial charge in [0.2, 0.25) is 0 Å². The van der Waals surface area contributed by atoms with E-state index in [1.807, 2.05) is 0 Å². The molecule has 0 atom stereocenters. The maximum absolute atomic E-state index is 10.3. The van der Waals surface area contributed by atoms with Crippen molar-refractivity contribution in [3.05, 3.63) is 11.6 Å². The Hall–Kier alpha value is -0.620. The Morgan fingerprint density at radius 2 is 2.30 bits per heavy atom. The smallest absolute Gasteiger partial charge is 0.324 e. The highest BCUT2D eigenvalue weighted by Crippen LogP contribution is 2.36. The highest BCUT2D eigenvalue weighted by atomic mass is 31.2. The van der Waals surface area contributed by atoms with Gasteiger partial charge >= 0.3 is 7.60 Å². The van der Waals surface area contributed by atoms with Gasteiger partial charge in [-0.1, -0.05) is 5.57 Å². The van der Waals surface area contributed by atoms with E-state index in [1.54, 1.807) is 6.07 Å². The Labute approximate surface area is 59.0 Å². The molecule has 0 saturated heterocycles. The predicted molar refractivity (Wildman–Crippen MR) is 36.3 cm³/mol. The minimum atomic E-state index is -3.97. The summed E-state index contributed by atoms with van der Waals surface area (Å²) in [6.07, 6.45) is 0.791. The normalized spacial score (nSPS) is 12.8. The molecule has 2 N–H and O–H groups in total. The highest BCUT2D eigenvalue weighted by Gasteiger charge is 2.12. The number of allylic oxidation sites excluding steroid dienone is 2. The van der Waals surface area contributed by atoms with Crippen LogP contribution in [-0.2, 0) is 4.57 Å². The molecule has 0 rings (SSSR count). The maximum atomic E-state index is 10.3. The molecular formula is C5H8NO3P. The topological polar surface area (TPSA) is 81.3 Å². The zero-order valence-corrected chi connectivity index (χ0v) is 6.38. The Kier molecular flexibility index (Phi) is 3.31. The summed E-state index contributed by atoms with van der Waals surface area (Å²) >= 11 is 0. The van der Waals surface area contributed by atoms with Crippen molar-refractivity contribution in [1.29, 1.82) is 5.26 Å². The van der Waals surface area contributed by atoms with Crippen molar-refractivity contribution in [2.45, 2.75) is 6.92 Å². The second-order valence-corrected chi connectivity index (χ2v) is 3.59. The Morgan fingerprint density at radius 1 is 1.80 bits per heavy atom. The van der Waals surface area contributed by atoms with Crippen LogP contribution >= 0.6 is 7.60 Å². The van der Waals surface area contributed by atoms with Gasteiger partial charge in [-0.25, -0.2) is 0 Å². The summed E-state index contributed by atoms with van der Waals surface area (Å²) in [6.45, 7) is 1.50. The minimum Gasteiger partial charge on any atom is -0.324 e. The van der Waals surface area contributed by atoms with Crippen molar-refractivity contribution in [3.8, 4) is 6.07 Å². The Bertz CT molecular complexity index is 222. The van der Waals surface area contributed by atoms with E-state index in [9.17, 15) is 4.57 Å². The lowest BCUT2D eigenvalue weighted by Gasteiger charge is -2.00. The second-order valence-electron chi connectivity index (χ2n) is 1.94. The molecule has 0 aromatic heterocycles. The molecule has 0 amide bonds. The van der Waals surface area contributed by atoms with E-state index in [0.717, 1.165) is 6.08 Å². The average molecular weight is 161 g/mol. The molecule has 0 unspecified atom stereocenters. The van der Waals surface area contributed by atoms with Gasteiger partial charge in [-0.15, -0.1) is 0 Å². The standard InChI is InChI=1S/C5H8NO3P/c1-5(2-3-6)4-10(7,8)9/h2H,4H2,1H3,(H2,7,8,9)/b5-2+. The van der Waals surface area contributed by atoms with E-state index < -0.39 is 7.60 Å². The summed E-state index contributed by atoms with van der Waals surface area (Å²) in [5, 5.41) is 8.05. The average Bonchev–Trinajstić information content (AvgIpc) is 1.59. The molecule has 0 saturated carbocycles. The molecule has 4 nitrogen and oxygen atoms in total. The van der Waals surface area contributed by atoms with Crippen molar-refractivity contribution in [2.24, 2.45) is 0 Å². The van der Waals surface area contributed by atoms with Gasteiger partial charge in [0.05, 0.1) is 12.2 Å². The van der Waals surface area contributed by atoms with Gasteiger partial charge in [0.1, 0.15) is 0 Å². The molecule has 0 spiro atoms. The van der Waals surface area contributed by atoms with Gasteiger partial charge in [-0.05, 0) is 6.92 Å². The van der Waals surface area contributed by atoms with Crippen LogP contribution < -0.4 is 0 Å². The van der Waals surface area contributed by atoms with Gasteiger partial charge in [-0.2, -0.15) is 5.26 Å². The summed E-state index contributed by atoms with van der Waals surface area (Å²) in [4.78, 5) is 16.8. The fourth-order valence-corrected chi connectivity index (χ4v) is 1.22. The van der Waals surface area contributed by atoms with E-state index in [1.165, 1.54) is 6.92 Å². The lowest BCUT2D eigenvalue weighted by molar-refractivity contribution is 0.376. The monoisotopic (exact) mass is 161 g/mol. The van der Waals surface area contributed by atoms with E-state index >= 15 is 0 Å². The molecule has 0 fully saturated rings. The maximum Gasteiger partial charge on any atom is 0.329 e. The lowest BCUT2D eigenvalue weighted by atomic mass is 10.3. The van der Waals surface area contributed by atoms with Crippen LogP contribution in [0.2, 0.25) is 0 Å². The molecule has 56 valence electrons. The first-order valence-corrected chi connectivity index (χ1v) is 4.35. The molecule has 0 aliphatic rings. The van der Waals surface area contributed by atoms with Crippen molar-refractivity contribution in [1.82, 2.24) is 0 Å². The van der Waals surface area contributed by atoms with Crippen LogP contribution in [0.25, 0.3) is 0 Å². The van der Waals surface area contributed by atoms with Gasteiger partial charge in [-0.3, -0.25) is 4.57 Å². The fraction of sp³-hybridized carbons (Fsp3) is 0.400. The van der Waals surface area contributed by atoms with Crippen molar-refractivity contribution < 1.29 is 14.4 Å². The minimum absolute atomic E-state index is 0.333. The number of hydrogen-bond acceptors (Lipinski definition) is 2.